The number of hydrogen-bond donors (Lipinski definition) is 0. The summed E-state index contributed by atoms with van der Waals surface area (Å²) in [5.74, 6) is -0.169. The molecule has 0 saturated carbocycles. The number of methoxy groups -OCH3 is 1. The molecule has 0 saturated heterocycles. The second kappa shape index (κ2) is 4.85. The Bertz CT molecular complexity index is 795. The van der Waals surface area contributed by atoms with Crippen molar-refractivity contribution in [2.45, 2.75) is 5.67 Å². The van der Waals surface area contributed by atoms with Gasteiger partial charge in [-0.1, -0.05) is 12.1 Å². The van der Waals surface area contributed by atoms with Gasteiger partial charge in [-0.15, -0.1) is 0 Å². The number of halogens is 1. The monoisotopic (exact) mass is 296 g/mol. The van der Waals surface area contributed by atoms with Crippen LogP contribution in [0.4, 0.5) is 10.1 Å². The van der Waals surface area contributed by atoms with Gasteiger partial charge in [0.25, 0.3) is 5.91 Å². The third-order valence-corrected chi connectivity index (χ3v) is 3.95. The molecule has 5 heteroatoms. The normalized spacial score (nSPS) is 19.7. The minimum absolute atomic E-state index is 0.204. The number of hydrogen-bond acceptors (Lipinski definition) is 3. The molecule has 1 atom stereocenters. The maximum Gasteiger partial charge on any atom is 0.273 e. The van der Waals surface area contributed by atoms with E-state index in [0.29, 0.717) is 17.0 Å². The third-order valence-electron chi connectivity index (χ3n) is 3.95. The van der Waals surface area contributed by atoms with E-state index in [-0.39, 0.29) is 11.1 Å². The fourth-order valence-corrected chi connectivity index (χ4v) is 2.72. The van der Waals surface area contributed by atoms with E-state index < -0.39 is 11.6 Å². The average Bonchev–Trinajstić information content (AvgIpc) is 2.77. The molecule has 0 aromatic heterocycles. The topological polar surface area (TPSA) is 53.3 Å². The number of anilines is 1. The van der Waals surface area contributed by atoms with Crippen LogP contribution in [0, 0.1) is 11.3 Å². The van der Waals surface area contributed by atoms with Crippen LogP contribution in [0.1, 0.15) is 16.7 Å². The van der Waals surface area contributed by atoms with Crippen molar-refractivity contribution in [2.24, 2.45) is 0 Å². The summed E-state index contributed by atoms with van der Waals surface area (Å²) >= 11 is 0. The predicted molar refractivity (Wildman–Crippen MR) is 79.4 cm³/mol. The molecule has 1 aliphatic heterocycles. The molecule has 0 unspecified atom stereocenters. The molecule has 0 bridgehead atoms. The van der Waals surface area contributed by atoms with Gasteiger partial charge in [0.2, 0.25) is 5.67 Å². The van der Waals surface area contributed by atoms with Crippen LogP contribution in [0.3, 0.4) is 0 Å². The number of carbonyl (C=O) groups excluding carboxylic acids is 1. The molecular weight excluding hydrogens is 283 g/mol. The van der Waals surface area contributed by atoms with Crippen LogP contribution < -0.4 is 9.64 Å². The van der Waals surface area contributed by atoms with Crippen molar-refractivity contribution in [1.29, 1.82) is 5.26 Å². The Kier molecular flexibility index (Phi) is 3.10. The second-order valence-corrected chi connectivity index (χ2v) is 5.09. The molecule has 22 heavy (non-hydrogen) atoms. The van der Waals surface area contributed by atoms with Crippen molar-refractivity contribution in [1.82, 2.24) is 0 Å². The van der Waals surface area contributed by atoms with Gasteiger partial charge in [-0.3, -0.25) is 4.79 Å². The zero-order valence-corrected chi connectivity index (χ0v) is 12.1. The predicted octanol–water partition coefficient (Wildman–Crippen LogP) is 2.76. The fourth-order valence-electron chi connectivity index (χ4n) is 2.72. The van der Waals surface area contributed by atoms with Gasteiger partial charge in [0.05, 0.1) is 24.4 Å². The lowest BCUT2D eigenvalue weighted by Crippen LogP contribution is -2.35. The first-order chi connectivity index (χ1) is 10.5. The number of carbonyl (C=O) groups is 1. The lowest BCUT2D eigenvalue weighted by atomic mass is 9.88. The van der Waals surface area contributed by atoms with Crippen molar-refractivity contribution in [3.05, 3.63) is 59.2 Å². The summed E-state index contributed by atoms with van der Waals surface area (Å²) in [6.45, 7) is 0. The second-order valence-electron chi connectivity index (χ2n) is 5.09. The van der Waals surface area contributed by atoms with Crippen molar-refractivity contribution in [3.63, 3.8) is 0 Å². The first-order valence-corrected chi connectivity index (χ1v) is 6.68. The highest BCUT2D eigenvalue weighted by Gasteiger charge is 2.52. The van der Waals surface area contributed by atoms with E-state index in [0.717, 1.165) is 0 Å². The van der Waals surface area contributed by atoms with E-state index >= 15 is 4.39 Å². The van der Waals surface area contributed by atoms with Gasteiger partial charge in [-0.25, -0.2) is 4.39 Å². The highest BCUT2D eigenvalue weighted by atomic mass is 19.1. The molecule has 0 N–H and O–H groups in total. The molecule has 1 heterocycles. The highest BCUT2D eigenvalue weighted by molar-refractivity contribution is 6.09. The van der Waals surface area contributed by atoms with E-state index in [2.05, 4.69) is 0 Å². The number of alkyl halides is 1. The molecule has 4 nitrogen and oxygen atoms in total. The average molecular weight is 296 g/mol. The maximum absolute atomic E-state index is 15.7. The maximum atomic E-state index is 15.7. The fraction of sp³-hybridized carbons (Fsp3) is 0.176. The number of benzene rings is 2. The van der Waals surface area contributed by atoms with Gasteiger partial charge < -0.3 is 9.64 Å². The smallest absolute Gasteiger partial charge is 0.273 e. The molecule has 0 fully saturated rings. The Hall–Kier alpha value is -2.87. The van der Waals surface area contributed by atoms with E-state index in [1.165, 1.54) is 42.3 Å². The first-order valence-electron chi connectivity index (χ1n) is 6.68. The molecule has 3 rings (SSSR count). The third kappa shape index (κ3) is 1.77. The van der Waals surface area contributed by atoms with Crippen LogP contribution in [0.15, 0.2) is 42.5 Å². The first kappa shape index (κ1) is 14.1. The Morgan fingerprint density at radius 2 is 1.91 bits per heavy atom. The van der Waals surface area contributed by atoms with E-state index in [1.807, 2.05) is 6.07 Å². The van der Waals surface area contributed by atoms with Gasteiger partial charge in [0.15, 0.2) is 0 Å². The number of fused-ring (bicyclic) bond motifs is 1. The molecule has 1 amide bonds. The van der Waals surface area contributed by atoms with Gasteiger partial charge in [0, 0.05) is 18.2 Å². The van der Waals surface area contributed by atoms with Crippen LogP contribution in [0.2, 0.25) is 0 Å². The van der Waals surface area contributed by atoms with Crippen LogP contribution in [-0.4, -0.2) is 20.1 Å². The van der Waals surface area contributed by atoms with Crippen molar-refractivity contribution in [3.8, 4) is 11.8 Å². The highest BCUT2D eigenvalue weighted by Crippen LogP contribution is 2.47. The number of likely N-dealkylation sites (N-methyl/N-ethyl adjacent to an activating group) is 1. The summed E-state index contributed by atoms with van der Waals surface area (Å²) < 4.78 is 20.8. The molecule has 0 spiro atoms. The largest absolute Gasteiger partial charge is 0.497 e. The summed E-state index contributed by atoms with van der Waals surface area (Å²) in [6, 6.07) is 12.8. The number of amides is 1. The Balaban J connectivity index is 2.21. The molecule has 0 aliphatic carbocycles. The summed E-state index contributed by atoms with van der Waals surface area (Å²) in [6.07, 6.45) is 0. The van der Waals surface area contributed by atoms with Gasteiger partial charge in [-0.2, -0.15) is 5.26 Å². The Morgan fingerprint density at radius 3 is 2.50 bits per heavy atom. The van der Waals surface area contributed by atoms with Crippen LogP contribution in [-0.2, 0) is 10.5 Å². The SMILES string of the molecule is COc1ccc2c(c1)[C@](F)(c1ccc(C#N)cc1)C(=O)N2C. The number of ether oxygens (including phenoxy) is 1. The minimum Gasteiger partial charge on any atom is -0.497 e. The Morgan fingerprint density at radius 1 is 1.23 bits per heavy atom. The van der Waals surface area contributed by atoms with Gasteiger partial charge in [-0.05, 0) is 30.3 Å². The summed E-state index contributed by atoms with van der Waals surface area (Å²) in [5, 5.41) is 8.84. The molecule has 0 radical (unpaired) electrons. The molecule has 2 aromatic rings. The number of rotatable bonds is 2. The summed E-state index contributed by atoms with van der Waals surface area (Å²) in [5.41, 5.74) is -0.888. The molecule has 2 aromatic carbocycles. The lowest BCUT2D eigenvalue weighted by molar-refractivity contribution is -0.126. The van der Waals surface area contributed by atoms with Crippen molar-refractivity contribution < 1.29 is 13.9 Å². The minimum atomic E-state index is -2.27. The zero-order valence-electron chi connectivity index (χ0n) is 12.1. The standard InChI is InChI=1S/C17H13FN2O2/c1-20-15-8-7-13(22-2)9-14(15)17(18,16(20)21)12-5-3-11(10-19)4-6-12/h3-9H,1-2H3/t17-/m1/s1. The summed E-state index contributed by atoms with van der Waals surface area (Å²) in [4.78, 5) is 13.8. The van der Waals surface area contributed by atoms with E-state index in [9.17, 15) is 4.79 Å². The van der Waals surface area contributed by atoms with E-state index in [4.69, 9.17) is 10.00 Å². The number of nitrogens with zero attached hydrogens (tertiary/aromatic N) is 2. The lowest BCUT2D eigenvalue weighted by Gasteiger charge is -2.19. The zero-order chi connectivity index (χ0) is 15.9. The molecule has 110 valence electrons. The molecule has 1 aliphatic rings. The van der Waals surface area contributed by atoms with Crippen molar-refractivity contribution in [2.75, 3.05) is 19.1 Å². The number of nitriles is 1. The van der Waals surface area contributed by atoms with Gasteiger partial charge >= 0.3 is 0 Å². The molecular formula is C17H13FN2O2. The van der Waals surface area contributed by atoms with E-state index in [1.54, 1.807) is 19.2 Å². The van der Waals surface area contributed by atoms with Crippen LogP contribution in [0.5, 0.6) is 5.75 Å². The van der Waals surface area contributed by atoms with Gasteiger partial charge in [0.1, 0.15) is 5.75 Å². The quantitative estimate of drug-likeness (QED) is 0.856. The van der Waals surface area contributed by atoms with Crippen LogP contribution >= 0.6 is 0 Å². The van der Waals surface area contributed by atoms with Crippen molar-refractivity contribution >= 4 is 11.6 Å². The van der Waals surface area contributed by atoms with Crippen LogP contribution in [0.25, 0.3) is 0 Å². The summed E-state index contributed by atoms with van der Waals surface area (Å²) in [7, 11) is 3.03. The Labute approximate surface area is 127 Å².